The minimum absolute atomic E-state index is 0.194. The van der Waals surface area contributed by atoms with Crippen molar-refractivity contribution in [3.8, 4) is 0 Å². The molecular weight excluding hydrogens is 784 g/mol. The van der Waals surface area contributed by atoms with E-state index in [9.17, 15) is 38.4 Å². The maximum atomic E-state index is 13.0. The number of hydrogen-bond donors (Lipinski definition) is 4. The second-order valence-electron chi connectivity index (χ2n) is 13.3. The van der Waals surface area contributed by atoms with Gasteiger partial charge in [-0.2, -0.15) is 0 Å². The monoisotopic (exact) mass is 824 g/mol. The molecule has 4 aromatic rings. The minimum atomic E-state index is -1.15. The normalized spacial score (nSPS) is 20.7. The van der Waals surface area contributed by atoms with Crippen LogP contribution in [0.4, 0.5) is 0 Å². The molecule has 5 heterocycles. The molecule has 4 atom stereocenters. The van der Waals surface area contributed by atoms with Crippen LogP contribution in [0.3, 0.4) is 0 Å². The number of amides is 4. The summed E-state index contributed by atoms with van der Waals surface area (Å²) in [6.45, 7) is 4.36. The van der Waals surface area contributed by atoms with Gasteiger partial charge in [0.15, 0.2) is 0 Å². The molecule has 1 aliphatic rings. The van der Waals surface area contributed by atoms with Gasteiger partial charge in [-0.1, -0.05) is 24.3 Å². The van der Waals surface area contributed by atoms with Gasteiger partial charge in [0.1, 0.15) is 73.4 Å². The van der Waals surface area contributed by atoms with Gasteiger partial charge >= 0.3 is 23.9 Å². The summed E-state index contributed by atoms with van der Waals surface area (Å²) in [5, 5.41) is 9.82. The Balaban J connectivity index is 1.30. The number of rotatable bonds is 0. The molecule has 0 saturated carbocycles. The van der Waals surface area contributed by atoms with Crippen molar-refractivity contribution < 1.29 is 57.3 Å². The van der Waals surface area contributed by atoms with Gasteiger partial charge in [-0.3, -0.25) is 29.1 Å². The van der Waals surface area contributed by atoms with Crippen molar-refractivity contribution in [1.29, 1.82) is 0 Å². The Labute approximate surface area is 342 Å². The summed E-state index contributed by atoms with van der Waals surface area (Å²) in [6, 6.07) is 13.0. The van der Waals surface area contributed by atoms with Gasteiger partial charge in [0.25, 0.3) is 23.6 Å². The van der Waals surface area contributed by atoms with Crippen LogP contribution in [0, 0.1) is 0 Å². The number of pyridine rings is 4. The van der Waals surface area contributed by atoms with Crippen LogP contribution in [0.15, 0.2) is 72.8 Å². The first kappa shape index (κ1) is 43.5. The summed E-state index contributed by atoms with van der Waals surface area (Å²) in [6.07, 6.45) is 0. The molecule has 0 spiro atoms. The van der Waals surface area contributed by atoms with Gasteiger partial charge in [0, 0.05) is 0 Å². The van der Waals surface area contributed by atoms with Gasteiger partial charge in [0.05, 0.1) is 22.8 Å². The molecule has 0 aromatic carbocycles. The smallest absolute Gasteiger partial charge is 0.328 e. The molecule has 4 amide bonds. The van der Waals surface area contributed by atoms with Crippen molar-refractivity contribution in [2.45, 2.75) is 78.3 Å². The van der Waals surface area contributed by atoms with Crippen LogP contribution < -0.4 is 21.3 Å². The van der Waals surface area contributed by atoms with Gasteiger partial charge in [-0.25, -0.2) is 29.1 Å². The highest BCUT2D eigenvalue weighted by molar-refractivity contribution is 6.00. The number of nitrogens with zero attached hydrogens (tertiary/aromatic N) is 4. The number of hydrogen-bond acceptors (Lipinski definition) is 16. The lowest BCUT2D eigenvalue weighted by molar-refractivity contribution is -0.148. The molecule has 0 unspecified atom stereocenters. The lowest BCUT2D eigenvalue weighted by Crippen LogP contribution is -2.41. The van der Waals surface area contributed by atoms with Crippen molar-refractivity contribution in [1.82, 2.24) is 41.2 Å². The number of carbonyl (C=O) groups is 8. The van der Waals surface area contributed by atoms with E-state index in [1.54, 1.807) is 36.4 Å². The molecule has 4 aromatic heterocycles. The maximum absolute atomic E-state index is 13.0. The zero-order valence-electron chi connectivity index (χ0n) is 32.8. The molecule has 0 fully saturated rings. The highest BCUT2D eigenvalue weighted by Crippen LogP contribution is 2.09. The molecule has 20 nitrogen and oxygen atoms in total. The van der Waals surface area contributed by atoms with E-state index in [-0.39, 0.29) is 49.2 Å². The molecule has 0 aliphatic carbocycles. The molecule has 0 radical (unpaired) electrons. The van der Waals surface area contributed by atoms with E-state index in [0.717, 1.165) is 0 Å². The molecule has 1 aliphatic heterocycles. The number of nitrogens with one attached hydrogen (secondary N) is 4. The fourth-order valence-electron chi connectivity index (χ4n) is 5.15. The number of fused-ring (bicyclic) bond motifs is 8. The second-order valence-corrected chi connectivity index (χ2v) is 13.3. The summed E-state index contributed by atoms with van der Waals surface area (Å²) in [7, 11) is 0. The molecule has 20 heteroatoms. The van der Waals surface area contributed by atoms with E-state index in [4.69, 9.17) is 18.9 Å². The van der Waals surface area contributed by atoms with Gasteiger partial charge in [-0.05, 0) is 76.2 Å². The third-order valence-corrected chi connectivity index (χ3v) is 8.41. The average Bonchev–Trinajstić information content (AvgIpc) is 3.25. The lowest BCUT2D eigenvalue weighted by atomic mass is 10.2. The van der Waals surface area contributed by atoms with Gasteiger partial charge in [0.2, 0.25) is 0 Å². The molecule has 5 rings (SSSR count). The number of ether oxygens (including phenoxy) is 4. The number of esters is 4. The van der Waals surface area contributed by atoms with Crippen LogP contribution in [0.1, 0.15) is 92.4 Å². The quantitative estimate of drug-likeness (QED) is 0.142. The van der Waals surface area contributed by atoms with Crippen molar-refractivity contribution in [3.63, 3.8) is 0 Å². The predicted molar refractivity (Wildman–Crippen MR) is 204 cm³/mol. The largest absolute Gasteiger partial charge is 0.458 e. The predicted octanol–water partition coefficient (Wildman–Crippen LogP) is 1.03. The summed E-state index contributed by atoms with van der Waals surface area (Å²) in [5.41, 5.74) is 0.411. The average molecular weight is 825 g/mol. The van der Waals surface area contributed by atoms with Crippen LogP contribution in [-0.2, 0) is 64.6 Å². The highest BCUT2D eigenvalue weighted by Gasteiger charge is 2.25. The first-order chi connectivity index (χ1) is 28.7. The zero-order valence-corrected chi connectivity index (χ0v) is 32.8. The Kier molecular flexibility index (Phi) is 14.6. The summed E-state index contributed by atoms with van der Waals surface area (Å²) < 4.78 is 21.3. The third kappa shape index (κ3) is 12.2. The minimum Gasteiger partial charge on any atom is -0.458 e. The Hall–Kier alpha value is -7.64. The molecule has 0 saturated heterocycles. The van der Waals surface area contributed by atoms with Crippen molar-refractivity contribution in [2.75, 3.05) is 0 Å². The van der Waals surface area contributed by atoms with E-state index < -0.39 is 71.7 Å². The fraction of sp³-hybridized carbons (Fsp3) is 0.300. The fourth-order valence-corrected chi connectivity index (χ4v) is 5.15. The van der Waals surface area contributed by atoms with Crippen LogP contribution >= 0.6 is 0 Å². The maximum Gasteiger partial charge on any atom is 0.328 e. The Morgan fingerprint density at radius 3 is 0.817 bits per heavy atom. The summed E-state index contributed by atoms with van der Waals surface area (Å²) in [4.78, 5) is 120. The third-order valence-electron chi connectivity index (χ3n) is 8.41. The van der Waals surface area contributed by atoms with Crippen molar-refractivity contribution in [2.24, 2.45) is 0 Å². The van der Waals surface area contributed by atoms with Crippen LogP contribution in [0.25, 0.3) is 0 Å². The van der Waals surface area contributed by atoms with Crippen LogP contribution in [-0.4, -0.2) is 91.6 Å². The SMILES string of the molecule is C[C@@H]1NC(=O)c2cccc(n2)C(=O)N[C@@H](C)C(=O)OCc2cccc(n2)COC(=O)[C@H](C)NC(=O)c2cccc(n2)C(=O)N[C@@H](C)C(=O)OCc2cccc(n2)COC1=O. The molecule has 60 heavy (non-hydrogen) atoms. The van der Waals surface area contributed by atoms with Crippen molar-refractivity contribution >= 4 is 47.5 Å². The van der Waals surface area contributed by atoms with E-state index in [0.29, 0.717) is 22.8 Å². The lowest BCUT2D eigenvalue weighted by Gasteiger charge is -2.15. The first-order valence-corrected chi connectivity index (χ1v) is 18.4. The molecular formula is C40H40N8O12. The second kappa shape index (κ2) is 20.2. The molecule has 8 bridgehead atoms. The zero-order chi connectivity index (χ0) is 43.3. The van der Waals surface area contributed by atoms with E-state index in [1.807, 2.05) is 0 Å². The topological polar surface area (TPSA) is 273 Å². The Morgan fingerprint density at radius 1 is 0.367 bits per heavy atom. The number of cyclic esters (lactones) is 4. The van der Waals surface area contributed by atoms with Crippen LogP contribution in [0.5, 0.6) is 0 Å². The first-order valence-electron chi connectivity index (χ1n) is 18.4. The summed E-state index contributed by atoms with van der Waals surface area (Å²) in [5.74, 6) is -6.37. The molecule has 312 valence electrons. The van der Waals surface area contributed by atoms with Crippen molar-refractivity contribution in [3.05, 3.63) is 118 Å². The number of aromatic nitrogens is 4. The van der Waals surface area contributed by atoms with Crippen LogP contribution in [0.2, 0.25) is 0 Å². The highest BCUT2D eigenvalue weighted by atomic mass is 16.5. The van der Waals surface area contributed by atoms with E-state index >= 15 is 0 Å². The van der Waals surface area contributed by atoms with E-state index in [2.05, 4.69) is 41.2 Å². The van der Waals surface area contributed by atoms with Gasteiger partial charge < -0.3 is 40.2 Å². The van der Waals surface area contributed by atoms with E-state index in [1.165, 1.54) is 64.1 Å². The Morgan fingerprint density at radius 2 is 0.583 bits per heavy atom. The molecule has 4 N–H and O–H groups in total. The Bertz CT molecular complexity index is 2000. The number of carbonyl (C=O) groups excluding carboxylic acids is 8. The van der Waals surface area contributed by atoms with Gasteiger partial charge in [-0.15, -0.1) is 0 Å². The summed E-state index contributed by atoms with van der Waals surface area (Å²) >= 11 is 0. The standard InChI is InChI=1S/C40H40N8O12/c1-21-37(53)57-17-25-9-5-10-26(45-25)18-58-39(55)23(3)43-35(51)31-15-8-16-32(48-31)36(52)44-24(4)40(56)60-20-28-12-6-11-27(46-28)19-59-38(54)22(2)42-34(50)30-14-7-13-29(47-30)33(49)41-21/h5-16,21-24H,17-20H2,1-4H3,(H,41,49)(H,42,50)(H,43,51)(H,44,52)/t21-,22-,23-,24-/m0/s1.